The summed E-state index contributed by atoms with van der Waals surface area (Å²) >= 11 is 0. The molecular formula is C43H36N3OPt-. The summed E-state index contributed by atoms with van der Waals surface area (Å²) in [6.07, 6.45) is 1.82. The number of imidazole rings is 1. The standard InChI is InChI=1S/C43H36N3O.Pt/c1-42(2,3)29-23-27(22-28(24-29)37-19-11-12-21-44-37)31-17-13-20-38-40(31)45-41(46(38)30-14-7-6-8-15-30)34-25-33-32-16-9-10-18-35(32)43(4,5)36(33)26-39(34)47;/h6-21,23-26,47H,1-5H3;/q-1;. The Labute approximate surface area is 296 Å². The van der Waals surface area contributed by atoms with E-state index in [1.807, 2.05) is 48.7 Å². The Morgan fingerprint density at radius 3 is 2.15 bits per heavy atom. The molecule has 0 atom stereocenters. The van der Waals surface area contributed by atoms with Crippen molar-refractivity contribution in [2.75, 3.05) is 0 Å². The van der Waals surface area contributed by atoms with Crippen LogP contribution in [0.2, 0.25) is 0 Å². The van der Waals surface area contributed by atoms with Gasteiger partial charge in [0, 0.05) is 44.1 Å². The van der Waals surface area contributed by atoms with Gasteiger partial charge in [-0.3, -0.25) is 9.55 Å². The second-order valence-corrected chi connectivity index (χ2v) is 14.0. The molecule has 4 nitrogen and oxygen atoms in total. The molecule has 0 aliphatic heterocycles. The largest absolute Gasteiger partial charge is 0.507 e. The van der Waals surface area contributed by atoms with E-state index in [1.165, 1.54) is 16.7 Å². The average Bonchev–Trinajstić information content (AvgIpc) is 3.57. The van der Waals surface area contributed by atoms with Crippen molar-refractivity contribution in [3.63, 3.8) is 0 Å². The van der Waals surface area contributed by atoms with Crippen LogP contribution in [0.15, 0.2) is 121 Å². The summed E-state index contributed by atoms with van der Waals surface area (Å²) in [7, 11) is 0. The maximum Gasteiger partial charge on any atom is 0.148 e. The molecule has 1 N–H and O–H groups in total. The van der Waals surface area contributed by atoms with Gasteiger partial charge < -0.3 is 5.11 Å². The van der Waals surface area contributed by atoms with Gasteiger partial charge in [0.25, 0.3) is 0 Å². The minimum atomic E-state index is -0.214. The number of aromatic hydroxyl groups is 1. The summed E-state index contributed by atoms with van der Waals surface area (Å²) in [6.45, 7) is 11.1. The Balaban J connectivity index is 0.00000364. The van der Waals surface area contributed by atoms with Gasteiger partial charge in [-0.05, 0) is 64.1 Å². The molecule has 1 aliphatic rings. The molecule has 0 unspecified atom stereocenters. The fourth-order valence-electron chi connectivity index (χ4n) is 7.06. The number of benzene rings is 5. The molecule has 48 heavy (non-hydrogen) atoms. The van der Waals surface area contributed by atoms with Crippen LogP contribution >= 0.6 is 0 Å². The van der Waals surface area contributed by atoms with E-state index >= 15 is 0 Å². The molecule has 0 saturated heterocycles. The van der Waals surface area contributed by atoms with Gasteiger partial charge in [-0.2, -0.15) is 0 Å². The molecule has 0 radical (unpaired) electrons. The van der Waals surface area contributed by atoms with Crippen LogP contribution in [0.4, 0.5) is 0 Å². The zero-order valence-corrected chi connectivity index (χ0v) is 29.9. The molecule has 5 aromatic carbocycles. The summed E-state index contributed by atoms with van der Waals surface area (Å²) in [5, 5.41) is 11.7. The molecule has 0 fully saturated rings. The predicted octanol–water partition coefficient (Wildman–Crippen LogP) is 10.5. The number of rotatable bonds is 4. The third-order valence-corrected chi connectivity index (χ3v) is 9.61. The number of hydrogen-bond acceptors (Lipinski definition) is 3. The Morgan fingerprint density at radius 2 is 1.40 bits per heavy atom. The normalized spacial score (nSPS) is 13.2. The molecule has 240 valence electrons. The zero-order chi connectivity index (χ0) is 32.5. The zero-order valence-electron chi connectivity index (χ0n) is 27.7. The monoisotopic (exact) mass is 805 g/mol. The van der Waals surface area contributed by atoms with Crippen LogP contribution in [0.25, 0.3) is 61.6 Å². The number of aromatic nitrogens is 3. The van der Waals surface area contributed by atoms with Crippen LogP contribution in [0.5, 0.6) is 5.75 Å². The predicted molar refractivity (Wildman–Crippen MR) is 192 cm³/mol. The fourth-order valence-corrected chi connectivity index (χ4v) is 7.06. The molecule has 5 heteroatoms. The molecule has 1 aliphatic carbocycles. The number of phenols is 1. The van der Waals surface area contributed by atoms with Gasteiger partial charge in [-0.1, -0.05) is 112 Å². The Hall–Kier alpha value is -4.79. The van der Waals surface area contributed by atoms with E-state index < -0.39 is 0 Å². The third kappa shape index (κ3) is 5.11. The van der Waals surface area contributed by atoms with Crippen molar-refractivity contribution in [2.45, 2.75) is 45.4 Å². The van der Waals surface area contributed by atoms with Gasteiger partial charge in [0.2, 0.25) is 0 Å². The summed E-state index contributed by atoms with van der Waals surface area (Å²) in [5.74, 6) is 0.912. The Kier molecular flexibility index (Phi) is 7.76. The maximum atomic E-state index is 11.7. The molecule has 0 bridgehead atoms. The van der Waals surface area contributed by atoms with Crippen LogP contribution in [0, 0.1) is 6.07 Å². The number of hydrogen-bond donors (Lipinski definition) is 1. The summed E-state index contributed by atoms with van der Waals surface area (Å²) in [5.41, 5.74) is 12.9. The fraction of sp³-hybridized carbons (Fsp3) is 0.163. The van der Waals surface area contributed by atoms with Gasteiger partial charge in [-0.25, -0.2) is 4.98 Å². The van der Waals surface area contributed by atoms with Gasteiger partial charge in [0.05, 0.1) is 16.6 Å². The summed E-state index contributed by atoms with van der Waals surface area (Å²) in [6, 6.07) is 43.3. The second kappa shape index (κ2) is 11.7. The quantitative estimate of drug-likeness (QED) is 0.180. The van der Waals surface area contributed by atoms with E-state index in [0.29, 0.717) is 11.4 Å². The average molecular weight is 806 g/mol. The smallest absolute Gasteiger partial charge is 0.148 e. The van der Waals surface area contributed by atoms with Crippen LogP contribution < -0.4 is 0 Å². The number of fused-ring (bicyclic) bond motifs is 4. The first-order chi connectivity index (χ1) is 22.6. The van der Waals surface area contributed by atoms with Gasteiger partial charge in [-0.15, -0.1) is 29.3 Å². The summed E-state index contributed by atoms with van der Waals surface area (Å²) < 4.78 is 2.17. The second-order valence-electron chi connectivity index (χ2n) is 14.0. The molecule has 2 aromatic heterocycles. The molecular weight excluding hydrogens is 770 g/mol. The van der Waals surface area contributed by atoms with E-state index in [4.69, 9.17) is 4.98 Å². The van der Waals surface area contributed by atoms with E-state index in [0.717, 1.165) is 50.2 Å². The molecule has 0 spiro atoms. The first-order valence-electron chi connectivity index (χ1n) is 16.2. The van der Waals surface area contributed by atoms with E-state index in [9.17, 15) is 5.11 Å². The topological polar surface area (TPSA) is 50.9 Å². The molecule has 0 saturated carbocycles. The molecule has 0 amide bonds. The van der Waals surface area contributed by atoms with Crippen LogP contribution in [0.1, 0.15) is 51.3 Å². The first kappa shape index (κ1) is 31.8. The number of nitrogens with zero attached hydrogens (tertiary/aromatic N) is 3. The van der Waals surface area contributed by atoms with Crippen molar-refractivity contribution in [2.24, 2.45) is 0 Å². The Bertz CT molecular complexity index is 2320. The van der Waals surface area contributed by atoms with E-state index in [1.54, 1.807) is 0 Å². The minimum absolute atomic E-state index is 0. The third-order valence-electron chi connectivity index (χ3n) is 9.61. The molecule has 7 aromatic rings. The van der Waals surface area contributed by atoms with Gasteiger partial charge in [0.15, 0.2) is 0 Å². The van der Waals surface area contributed by atoms with E-state index in [2.05, 4.69) is 123 Å². The number of para-hydroxylation sites is 2. The Morgan fingerprint density at radius 1 is 0.688 bits per heavy atom. The number of pyridine rings is 1. The van der Waals surface area contributed by atoms with Crippen LogP contribution in [-0.4, -0.2) is 19.6 Å². The van der Waals surface area contributed by atoms with Gasteiger partial charge in [0.1, 0.15) is 11.6 Å². The van der Waals surface area contributed by atoms with Crippen molar-refractivity contribution in [1.82, 2.24) is 14.5 Å². The number of phenolic OH excluding ortho intramolecular Hbond substituents is 1. The maximum absolute atomic E-state index is 11.7. The van der Waals surface area contributed by atoms with Crippen molar-refractivity contribution in [3.8, 4) is 56.3 Å². The first-order valence-corrected chi connectivity index (χ1v) is 16.2. The van der Waals surface area contributed by atoms with Crippen molar-refractivity contribution in [1.29, 1.82) is 0 Å². The molecule has 8 rings (SSSR count). The van der Waals surface area contributed by atoms with Crippen LogP contribution in [-0.2, 0) is 31.9 Å². The van der Waals surface area contributed by atoms with Gasteiger partial charge >= 0.3 is 0 Å². The minimum Gasteiger partial charge on any atom is -0.507 e. The van der Waals surface area contributed by atoms with E-state index in [-0.39, 0.29) is 37.6 Å². The molecule has 2 heterocycles. The SMILES string of the molecule is CC(C)(C)c1cc(-c2ccccn2)[c-]c(-c2cccc3c2nc(-c2cc4c(cc2O)C(C)(C)c2ccccc2-4)n3-c2ccccc2)c1.[Pt]. The summed E-state index contributed by atoms with van der Waals surface area (Å²) in [4.78, 5) is 10.0. The van der Waals surface area contributed by atoms with Crippen molar-refractivity contribution >= 4 is 11.0 Å². The van der Waals surface area contributed by atoms with Crippen molar-refractivity contribution < 1.29 is 26.2 Å². The van der Waals surface area contributed by atoms with Crippen molar-refractivity contribution in [3.05, 3.63) is 144 Å². The van der Waals surface area contributed by atoms with Crippen LogP contribution in [0.3, 0.4) is 0 Å².